The molecule has 0 unspecified atom stereocenters. The second-order valence-corrected chi connectivity index (χ2v) is 5.70. The summed E-state index contributed by atoms with van der Waals surface area (Å²) in [7, 11) is 0. The van der Waals surface area contributed by atoms with E-state index in [1.54, 1.807) is 24.0 Å². The van der Waals surface area contributed by atoms with E-state index in [1.807, 2.05) is 24.3 Å². The number of hydrogen-bond acceptors (Lipinski definition) is 6. The first kappa shape index (κ1) is 15.3. The predicted molar refractivity (Wildman–Crippen MR) is 87.8 cm³/mol. The normalized spacial score (nSPS) is 15.8. The zero-order valence-electron chi connectivity index (χ0n) is 13.5. The number of carbonyl (C=O) groups is 1. The van der Waals surface area contributed by atoms with Crippen LogP contribution in [0.5, 0.6) is 11.5 Å². The van der Waals surface area contributed by atoms with Crippen molar-refractivity contribution in [3.8, 4) is 11.5 Å². The molecule has 0 saturated carbocycles. The number of amides is 1. The highest BCUT2D eigenvalue weighted by molar-refractivity contribution is 6.04. The van der Waals surface area contributed by atoms with Crippen molar-refractivity contribution in [1.29, 1.82) is 0 Å². The molecule has 25 heavy (non-hydrogen) atoms. The van der Waals surface area contributed by atoms with Crippen LogP contribution in [0.3, 0.4) is 0 Å². The van der Waals surface area contributed by atoms with Crippen molar-refractivity contribution < 1.29 is 18.8 Å². The summed E-state index contributed by atoms with van der Waals surface area (Å²) in [6.45, 7) is 2.64. The fraction of sp³-hybridized carbons (Fsp3) is 0.235. The van der Waals surface area contributed by atoms with Crippen LogP contribution in [-0.2, 0) is 6.54 Å². The topological polar surface area (TPSA) is 91.4 Å². The third kappa shape index (κ3) is 3.18. The molecule has 0 bridgehead atoms. The summed E-state index contributed by atoms with van der Waals surface area (Å²) in [4.78, 5) is 12.1. The largest absolute Gasteiger partial charge is 0.486 e. The summed E-state index contributed by atoms with van der Waals surface area (Å²) >= 11 is 0. The van der Waals surface area contributed by atoms with Crippen molar-refractivity contribution in [3.05, 3.63) is 54.2 Å². The van der Waals surface area contributed by atoms with E-state index in [2.05, 4.69) is 15.6 Å². The van der Waals surface area contributed by atoms with E-state index in [0.717, 1.165) is 11.5 Å². The van der Waals surface area contributed by atoms with Crippen LogP contribution in [0, 0.1) is 6.92 Å². The van der Waals surface area contributed by atoms with E-state index >= 15 is 0 Å². The van der Waals surface area contributed by atoms with Gasteiger partial charge in [-0.25, -0.2) is 0 Å². The average molecular weight is 340 g/mol. The molecule has 0 radical (unpaired) electrons. The minimum absolute atomic E-state index is 0.154. The molecule has 0 spiro atoms. The minimum atomic E-state index is -0.288. The summed E-state index contributed by atoms with van der Waals surface area (Å²) in [6.07, 6.45) is 4.56. The Morgan fingerprint density at radius 2 is 2.16 bits per heavy atom. The number of rotatable bonds is 4. The van der Waals surface area contributed by atoms with Gasteiger partial charge in [0.15, 0.2) is 17.6 Å². The number of anilines is 1. The molecule has 0 aliphatic carbocycles. The summed E-state index contributed by atoms with van der Waals surface area (Å²) in [6, 6.07) is 7.55. The number of nitrogens with zero attached hydrogens (tertiary/aromatic N) is 3. The Morgan fingerprint density at radius 1 is 1.32 bits per heavy atom. The highest BCUT2D eigenvalue weighted by atomic mass is 16.6. The summed E-state index contributed by atoms with van der Waals surface area (Å²) < 4.78 is 18.2. The molecule has 8 nitrogen and oxygen atoms in total. The molecule has 0 fully saturated rings. The number of hydrogen-bond donors (Lipinski definition) is 1. The van der Waals surface area contributed by atoms with Crippen LogP contribution < -0.4 is 14.8 Å². The summed E-state index contributed by atoms with van der Waals surface area (Å²) in [5.41, 5.74) is 0.982. The van der Waals surface area contributed by atoms with Gasteiger partial charge < -0.3 is 19.3 Å². The van der Waals surface area contributed by atoms with Crippen molar-refractivity contribution in [2.75, 3.05) is 11.9 Å². The Kier molecular flexibility index (Phi) is 3.85. The zero-order valence-corrected chi connectivity index (χ0v) is 13.5. The number of ether oxygens (including phenoxy) is 2. The molecule has 128 valence electrons. The van der Waals surface area contributed by atoms with Crippen molar-refractivity contribution in [1.82, 2.24) is 14.9 Å². The Bertz CT molecular complexity index is 901. The number of nitrogens with one attached hydrogen (secondary N) is 1. The predicted octanol–water partition coefficient (Wildman–Crippen LogP) is 2.27. The second-order valence-electron chi connectivity index (χ2n) is 5.70. The third-order valence-corrected chi connectivity index (χ3v) is 3.84. The lowest BCUT2D eigenvalue weighted by molar-refractivity contribution is 0.0759. The lowest BCUT2D eigenvalue weighted by Gasteiger charge is -2.26. The van der Waals surface area contributed by atoms with Gasteiger partial charge in [-0.3, -0.25) is 9.48 Å². The monoisotopic (exact) mass is 340 g/mol. The first-order chi connectivity index (χ1) is 12.2. The van der Waals surface area contributed by atoms with E-state index < -0.39 is 0 Å². The van der Waals surface area contributed by atoms with Gasteiger partial charge in [0.05, 0.1) is 24.6 Å². The van der Waals surface area contributed by atoms with Crippen LogP contribution in [-0.4, -0.2) is 33.6 Å². The van der Waals surface area contributed by atoms with Gasteiger partial charge in [0.1, 0.15) is 17.9 Å². The minimum Gasteiger partial charge on any atom is -0.486 e. The lowest BCUT2D eigenvalue weighted by Crippen LogP contribution is -2.33. The van der Waals surface area contributed by atoms with E-state index in [9.17, 15) is 4.79 Å². The molecule has 4 rings (SSSR count). The van der Waals surface area contributed by atoms with E-state index in [4.69, 9.17) is 14.0 Å². The van der Waals surface area contributed by atoms with Crippen LogP contribution >= 0.6 is 0 Å². The highest BCUT2D eigenvalue weighted by Crippen LogP contribution is 2.31. The molecular weight excluding hydrogens is 324 g/mol. The number of aromatic nitrogens is 3. The van der Waals surface area contributed by atoms with Crippen LogP contribution in [0.15, 0.2) is 47.4 Å². The fourth-order valence-corrected chi connectivity index (χ4v) is 2.60. The van der Waals surface area contributed by atoms with Gasteiger partial charge in [-0.2, -0.15) is 5.10 Å². The van der Waals surface area contributed by atoms with Crippen molar-refractivity contribution in [2.24, 2.45) is 0 Å². The maximum absolute atomic E-state index is 12.1. The van der Waals surface area contributed by atoms with Crippen LogP contribution in [0.1, 0.15) is 16.1 Å². The molecule has 1 aromatic carbocycles. The number of para-hydroxylation sites is 2. The maximum atomic E-state index is 12.1. The quantitative estimate of drug-likeness (QED) is 0.783. The molecule has 8 heteroatoms. The van der Waals surface area contributed by atoms with E-state index in [1.165, 1.54) is 6.20 Å². The summed E-state index contributed by atoms with van der Waals surface area (Å²) in [5.74, 6) is 1.65. The average Bonchev–Trinajstić information content (AvgIpc) is 3.23. The number of fused-ring (bicyclic) bond motifs is 1. The van der Waals surface area contributed by atoms with Crippen LogP contribution in [0.2, 0.25) is 0 Å². The van der Waals surface area contributed by atoms with Gasteiger partial charge in [0, 0.05) is 6.20 Å². The fourth-order valence-electron chi connectivity index (χ4n) is 2.60. The number of carbonyl (C=O) groups excluding carboxylic acids is 1. The molecule has 1 aliphatic heterocycles. The molecule has 1 atom stereocenters. The molecule has 1 N–H and O–H groups in total. The van der Waals surface area contributed by atoms with Gasteiger partial charge >= 0.3 is 0 Å². The lowest BCUT2D eigenvalue weighted by atomic mass is 10.2. The van der Waals surface area contributed by atoms with Gasteiger partial charge in [0.25, 0.3) is 5.91 Å². The molecular formula is C17H16N4O4. The Balaban J connectivity index is 1.39. The van der Waals surface area contributed by atoms with Gasteiger partial charge in [-0.1, -0.05) is 17.3 Å². The Labute approximate surface area is 143 Å². The van der Waals surface area contributed by atoms with Crippen molar-refractivity contribution >= 4 is 11.6 Å². The van der Waals surface area contributed by atoms with E-state index in [0.29, 0.717) is 30.2 Å². The van der Waals surface area contributed by atoms with Gasteiger partial charge in [-0.15, -0.1) is 0 Å². The third-order valence-electron chi connectivity index (χ3n) is 3.84. The smallest absolute Gasteiger partial charge is 0.260 e. The van der Waals surface area contributed by atoms with Gasteiger partial charge in [0.2, 0.25) is 0 Å². The molecule has 1 aliphatic rings. The number of benzene rings is 1. The molecule has 3 heterocycles. The SMILES string of the molecule is Cc1oncc1C(=O)Nc1cnn(C[C@@H]2COc3ccccc3O2)c1. The zero-order chi connectivity index (χ0) is 17.2. The van der Waals surface area contributed by atoms with Crippen LogP contribution in [0.25, 0.3) is 0 Å². The molecule has 3 aromatic rings. The molecule has 1 amide bonds. The van der Waals surface area contributed by atoms with Crippen molar-refractivity contribution in [2.45, 2.75) is 19.6 Å². The Morgan fingerprint density at radius 3 is 2.96 bits per heavy atom. The molecule has 0 saturated heterocycles. The second kappa shape index (κ2) is 6.31. The summed E-state index contributed by atoms with van der Waals surface area (Å²) in [5, 5.41) is 10.6. The maximum Gasteiger partial charge on any atom is 0.260 e. The Hall–Kier alpha value is -3.29. The van der Waals surface area contributed by atoms with Crippen molar-refractivity contribution in [3.63, 3.8) is 0 Å². The highest BCUT2D eigenvalue weighted by Gasteiger charge is 2.21. The standard InChI is InChI=1S/C17H16N4O4/c1-11-14(7-19-25-11)17(22)20-12-6-18-21(8-12)9-13-10-23-15-4-2-3-5-16(15)24-13/h2-8,13H,9-10H2,1H3,(H,20,22)/t13-/m1/s1. The van der Waals surface area contributed by atoms with Gasteiger partial charge in [-0.05, 0) is 19.1 Å². The molecule has 2 aromatic heterocycles. The first-order valence-electron chi connectivity index (χ1n) is 7.82. The van der Waals surface area contributed by atoms with E-state index in [-0.39, 0.29) is 12.0 Å². The number of aryl methyl sites for hydroxylation is 1. The van der Waals surface area contributed by atoms with Crippen LogP contribution in [0.4, 0.5) is 5.69 Å². The first-order valence-corrected chi connectivity index (χ1v) is 7.82.